The first-order chi connectivity index (χ1) is 12.3. The predicted molar refractivity (Wildman–Crippen MR) is 104 cm³/mol. The third-order valence-electron chi connectivity index (χ3n) is 5.10. The van der Waals surface area contributed by atoms with E-state index >= 15 is 0 Å². The Labute approximate surface area is 152 Å². The smallest absolute Gasteiger partial charge is 0.278 e. The van der Waals surface area contributed by atoms with Crippen LogP contribution in [0, 0.1) is 5.82 Å². The number of hydrogen-bond donors (Lipinski definition) is 0. The van der Waals surface area contributed by atoms with E-state index in [1.54, 1.807) is 12.1 Å². The number of nitrogens with zero attached hydrogens (tertiary/aromatic N) is 2. The summed E-state index contributed by atoms with van der Waals surface area (Å²) in [4.78, 5) is 19.7. The maximum absolute atomic E-state index is 13.3. The molecule has 132 valence electrons. The largest absolute Gasteiger partial charge is 0.297 e. The summed E-state index contributed by atoms with van der Waals surface area (Å²) in [6.07, 6.45) is 3.02. The molecule has 0 N–H and O–H groups in total. The van der Waals surface area contributed by atoms with Crippen LogP contribution in [0.4, 0.5) is 15.8 Å². The number of amides is 1. The van der Waals surface area contributed by atoms with Gasteiger partial charge in [0, 0.05) is 11.1 Å². The van der Waals surface area contributed by atoms with Gasteiger partial charge < -0.3 is 0 Å². The van der Waals surface area contributed by atoms with Crippen LogP contribution in [0.15, 0.2) is 47.5 Å². The Balaban J connectivity index is 1.98. The van der Waals surface area contributed by atoms with Gasteiger partial charge >= 0.3 is 0 Å². The monoisotopic (exact) mass is 348 g/mol. The maximum Gasteiger partial charge on any atom is 0.278 e. The highest BCUT2D eigenvalue weighted by Crippen LogP contribution is 2.46. The van der Waals surface area contributed by atoms with Crippen LogP contribution < -0.4 is 4.90 Å². The molecule has 0 radical (unpaired) electrons. The van der Waals surface area contributed by atoms with Gasteiger partial charge in [-0.25, -0.2) is 9.38 Å². The maximum atomic E-state index is 13.3. The van der Waals surface area contributed by atoms with Crippen LogP contribution in [0.5, 0.6) is 0 Å². The van der Waals surface area contributed by atoms with Crippen molar-refractivity contribution in [3.63, 3.8) is 0 Å². The first-order valence-corrected chi connectivity index (χ1v) is 8.88. The number of aliphatic imine (C=N–C) groups is 1. The molecule has 2 aliphatic heterocycles. The van der Waals surface area contributed by atoms with Crippen LogP contribution in [0.25, 0.3) is 5.57 Å². The van der Waals surface area contributed by atoms with E-state index in [0.29, 0.717) is 11.4 Å². The summed E-state index contributed by atoms with van der Waals surface area (Å²) in [5.41, 5.74) is 5.84. The van der Waals surface area contributed by atoms with Crippen molar-refractivity contribution in [2.45, 2.75) is 39.7 Å². The number of aryl methyl sites for hydroxylation is 1. The van der Waals surface area contributed by atoms with Crippen LogP contribution in [-0.2, 0) is 11.2 Å². The van der Waals surface area contributed by atoms with Crippen molar-refractivity contribution in [1.82, 2.24) is 0 Å². The molecule has 0 atom stereocenters. The summed E-state index contributed by atoms with van der Waals surface area (Å²) in [6.45, 7) is 8.27. The highest BCUT2D eigenvalue weighted by Gasteiger charge is 2.45. The van der Waals surface area contributed by atoms with Gasteiger partial charge in [-0.05, 0) is 74.7 Å². The van der Waals surface area contributed by atoms with Gasteiger partial charge in [-0.1, -0.05) is 13.0 Å². The van der Waals surface area contributed by atoms with Crippen LogP contribution in [0.1, 0.15) is 44.4 Å². The summed E-state index contributed by atoms with van der Waals surface area (Å²) in [7, 11) is 0. The molecule has 2 aromatic carbocycles. The van der Waals surface area contributed by atoms with Gasteiger partial charge in [0.1, 0.15) is 11.5 Å². The molecule has 2 heterocycles. The summed E-state index contributed by atoms with van der Waals surface area (Å²) < 4.78 is 13.2. The summed E-state index contributed by atoms with van der Waals surface area (Å²) in [5, 5.41) is 0. The second kappa shape index (κ2) is 5.63. The van der Waals surface area contributed by atoms with E-state index in [9.17, 15) is 9.18 Å². The molecule has 0 bridgehead atoms. The fourth-order valence-corrected chi connectivity index (χ4v) is 3.92. The van der Waals surface area contributed by atoms with Crippen molar-refractivity contribution >= 4 is 28.6 Å². The van der Waals surface area contributed by atoms with Crippen molar-refractivity contribution in [2.75, 3.05) is 4.90 Å². The molecule has 0 unspecified atom stereocenters. The Morgan fingerprint density at radius 2 is 1.77 bits per heavy atom. The van der Waals surface area contributed by atoms with Gasteiger partial charge in [0.05, 0.1) is 16.9 Å². The second-order valence-electron chi connectivity index (χ2n) is 7.45. The zero-order chi connectivity index (χ0) is 18.6. The minimum Gasteiger partial charge on any atom is -0.297 e. The third kappa shape index (κ3) is 2.40. The summed E-state index contributed by atoms with van der Waals surface area (Å²) in [5.74, 6) is -0.421. The van der Waals surface area contributed by atoms with Crippen molar-refractivity contribution in [3.05, 3.63) is 65.0 Å². The van der Waals surface area contributed by atoms with E-state index in [-0.39, 0.29) is 11.7 Å². The Kier molecular flexibility index (Phi) is 3.62. The minimum absolute atomic E-state index is 0.104. The Bertz CT molecular complexity index is 984. The number of halogens is 1. The lowest BCUT2D eigenvalue weighted by Gasteiger charge is -2.38. The number of benzene rings is 2. The first-order valence-electron chi connectivity index (χ1n) is 8.88. The van der Waals surface area contributed by atoms with Gasteiger partial charge in [-0.2, -0.15) is 0 Å². The molecule has 4 heteroatoms. The van der Waals surface area contributed by atoms with E-state index in [4.69, 9.17) is 0 Å². The van der Waals surface area contributed by atoms with E-state index < -0.39 is 5.54 Å². The van der Waals surface area contributed by atoms with E-state index in [2.05, 4.69) is 37.0 Å². The number of hydrogen-bond acceptors (Lipinski definition) is 2. The molecule has 0 saturated carbocycles. The van der Waals surface area contributed by atoms with Crippen LogP contribution >= 0.6 is 0 Å². The number of rotatable bonds is 2. The molecule has 2 aromatic rings. The van der Waals surface area contributed by atoms with Gasteiger partial charge in [0.15, 0.2) is 0 Å². The van der Waals surface area contributed by atoms with E-state index in [1.165, 1.54) is 23.3 Å². The van der Waals surface area contributed by atoms with Gasteiger partial charge in [-0.3, -0.25) is 9.69 Å². The van der Waals surface area contributed by atoms with Crippen LogP contribution in [0.3, 0.4) is 0 Å². The topological polar surface area (TPSA) is 32.7 Å². The molecule has 0 aromatic heterocycles. The van der Waals surface area contributed by atoms with Crippen molar-refractivity contribution in [3.8, 4) is 0 Å². The van der Waals surface area contributed by atoms with Gasteiger partial charge in [-0.15, -0.1) is 0 Å². The molecule has 3 nitrogen and oxygen atoms in total. The van der Waals surface area contributed by atoms with E-state index in [1.807, 2.05) is 18.7 Å². The molecular formula is C22H21FN2O. The molecule has 26 heavy (non-hydrogen) atoms. The molecule has 0 fully saturated rings. The van der Waals surface area contributed by atoms with Crippen molar-refractivity contribution in [2.24, 2.45) is 4.99 Å². The van der Waals surface area contributed by atoms with Crippen molar-refractivity contribution in [1.29, 1.82) is 0 Å². The fraction of sp³-hybridized carbons (Fsp3) is 0.273. The standard InChI is InChI=1S/C22H21FN2O/c1-5-14-10-17-13(2)12-22(3,4)25-20(17)18(11-14)19(21(25)26)24-16-8-6-15(23)7-9-16/h6-12H,5H2,1-4H3. The Hall–Kier alpha value is -2.75. The highest BCUT2D eigenvalue weighted by atomic mass is 19.1. The molecular weight excluding hydrogens is 327 g/mol. The lowest BCUT2D eigenvalue weighted by atomic mass is 9.88. The second-order valence-corrected chi connectivity index (χ2v) is 7.45. The summed E-state index contributed by atoms with van der Waals surface area (Å²) >= 11 is 0. The normalized spacial score (nSPS) is 19.0. The Morgan fingerprint density at radius 1 is 1.12 bits per heavy atom. The fourth-order valence-electron chi connectivity index (χ4n) is 3.92. The average molecular weight is 348 g/mol. The SMILES string of the molecule is CCc1cc2c3c(c1)C(=Nc1ccc(F)cc1)C(=O)N3C(C)(C)C=C2C. The molecule has 0 aliphatic carbocycles. The predicted octanol–water partition coefficient (Wildman–Crippen LogP) is 5.05. The molecule has 0 saturated heterocycles. The quantitative estimate of drug-likeness (QED) is 0.747. The van der Waals surface area contributed by atoms with E-state index in [0.717, 1.165) is 23.2 Å². The average Bonchev–Trinajstić information content (AvgIpc) is 2.87. The van der Waals surface area contributed by atoms with Crippen LogP contribution in [0.2, 0.25) is 0 Å². The number of carbonyl (C=O) groups is 1. The Morgan fingerprint density at radius 3 is 2.42 bits per heavy atom. The highest BCUT2D eigenvalue weighted by molar-refractivity contribution is 6.55. The van der Waals surface area contributed by atoms with Gasteiger partial charge in [0.2, 0.25) is 0 Å². The zero-order valence-corrected chi connectivity index (χ0v) is 15.4. The molecule has 4 rings (SSSR count). The van der Waals surface area contributed by atoms with Gasteiger partial charge in [0.25, 0.3) is 5.91 Å². The van der Waals surface area contributed by atoms with Crippen LogP contribution in [-0.4, -0.2) is 17.2 Å². The minimum atomic E-state index is -0.420. The molecule has 2 aliphatic rings. The number of carbonyl (C=O) groups excluding carboxylic acids is 1. The first kappa shape index (κ1) is 16.7. The van der Waals surface area contributed by atoms with Crippen molar-refractivity contribution < 1.29 is 9.18 Å². The lowest BCUT2D eigenvalue weighted by Crippen LogP contribution is -2.47. The lowest BCUT2D eigenvalue weighted by molar-refractivity contribution is -0.112. The zero-order valence-electron chi connectivity index (χ0n) is 15.4. The molecule has 1 amide bonds. The third-order valence-corrected chi connectivity index (χ3v) is 5.10. The number of anilines is 1. The summed E-state index contributed by atoms with van der Waals surface area (Å²) in [6, 6.07) is 10.1. The number of allylic oxidation sites excluding steroid dienone is 1. The molecule has 0 spiro atoms.